The van der Waals surface area contributed by atoms with Crippen molar-refractivity contribution in [3.8, 4) is 11.4 Å². The van der Waals surface area contributed by atoms with E-state index in [0.717, 1.165) is 23.1 Å². The number of pyridine rings is 2. The highest BCUT2D eigenvalue weighted by Gasteiger charge is 2.48. The number of unbranched alkanes of at least 4 members (excludes halogenated alkanes) is 2. The fourth-order valence-electron chi connectivity index (χ4n) is 11.7. The maximum Gasteiger partial charge on any atom is 0.343 e. The van der Waals surface area contributed by atoms with E-state index in [1.54, 1.807) is 51.1 Å². The summed E-state index contributed by atoms with van der Waals surface area (Å²) in [6, 6.07) is 10.4. The summed E-state index contributed by atoms with van der Waals surface area (Å²) in [4.78, 5) is 136. The molecule has 21 heteroatoms. The van der Waals surface area contributed by atoms with Gasteiger partial charge in [0.25, 0.3) is 5.56 Å². The number of likely N-dealkylation sites (tertiary alicyclic amines) is 1. The number of nitrogens with zero attached hydrogens (tertiary/aromatic N) is 3. The lowest BCUT2D eigenvalue weighted by Gasteiger charge is -2.41. The van der Waals surface area contributed by atoms with Gasteiger partial charge in [0.2, 0.25) is 35.4 Å². The van der Waals surface area contributed by atoms with Crippen LogP contribution in [-0.4, -0.2) is 105 Å². The van der Waals surface area contributed by atoms with Gasteiger partial charge in [0.05, 0.1) is 59.7 Å². The third-order valence-corrected chi connectivity index (χ3v) is 16.7. The van der Waals surface area contributed by atoms with E-state index in [4.69, 9.17) is 14.5 Å². The van der Waals surface area contributed by atoms with Gasteiger partial charge in [-0.15, -0.1) is 0 Å². The number of benzene rings is 2. The first kappa shape index (κ1) is 57.2. The molecule has 5 heterocycles. The van der Waals surface area contributed by atoms with Crippen molar-refractivity contribution in [3.05, 3.63) is 97.6 Å². The largest absolute Gasteiger partial charge is 0.458 e. The van der Waals surface area contributed by atoms with Crippen molar-refractivity contribution in [1.29, 1.82) is 0 Å². The van der Waals surface area contributed by atoms with Gasteiger partial charge >= 0.3 is 5.97 Å². The molecule has 0 radical (unpaired) electrons. The van der Waals surface area contributed by atoms with Crippen molar-refractivity contribution >= 4 is 63.9 Å². The standard InChI is InChI=1S/C59H68FN7O13/c1-4-59(78)40-26-45-53-38(29-67(45)55(75)39(40)30-80-57(59)77)52-42(17-16-37-34(3)41(60)27-44(64-53)51(37)52)65-56(76)58(21-11-22-58)31-79-32-62-48(71)20-18-46(69)43(25-35-12-7-5-8-13-35)63-49(72)19-15-36(68)28-61-47(70)14-9-6-10-23-66-50(73)24-33(2)54(66)74/h5,7-8,12-13,26-27,33,42-43,78H,4,6,9-11,14-25,28-32H2,1-3H3,(H,61,70)(H,62,71)(H,63,72)(H,65,76)/t33?,42-,43-,59-/m0/s1. The van der Waals surface area contributed by atoms with Crippen LogP contribution in [0.25, 0.3) is 22.3 Å². The molecular weight excluding hydrogens is 1030 g/mol. The summed E-state index contributed by atoms with van der Waals surface area (Å²) < 4.78 is 28.2. The fourth-order valence-corrected chi connectivity index (χ4v) is 11.7. The quantitative estimate of drug-likeness (QED) is 0.0235. The number of aliphatic hydroxyl groups is 1. The number of aromatic nitrogens is 2. The van der Waals surface area contributed by atoms with Gasteiger partial charge in [-0.2, -0.15) is 0 Å². The lowest BCUT2D eigenvalue weighted by Crippen LogP contribution is -2.50. The van der Waals surface area contributed by atoms with Crippen LogP contribution in [0.4, 0.5) is 4.39 Å². The Morgan fingerprint density at radius 3 is 2.38 bits per heavy atom. The number of carbonyl (C=O) groups excluding carboxylic acids is 9. The molecule has 5 aliphatic rings. The molecule has 0 spiro atoms. The van der Waals surface area contributed by atoms with Gasteiger partial charge in [0, 0.05) is 73.6 Å². The molecule has 20 nitrogen and oxygen atoms in total. The number of hydrogen-bond donors (Lipinski definition) is 5. The highest BCUT2D eigenvalue weighted by molar-refractivity contribution is 6.03. The topological polar surface area (TPSA) is 279 Å². The van der Waals surface area contributed by atoms with Gasteiger partial charge in [-0.3, -0.25) is 48.1 Å². The number of halogens is 1. The molecule has 1 saturated carbocycles. The third kappa shape index (κ3) is 11.7. The second-order valence-electron chi connectivity index (χ2n) is 22.0. The summed E-state index contributed by atoms with van der Waals surface area (Å²) in [7, 11) is 0. The minimum Gasteiger partial charge on any atom is -0.458 e. The van der Waals surface area contributed by atoms with Crippen molar-refractivity contribution in [2.75, 3.05) is 26.4 Å². The number of imide groups is 1. The Morgan fingerprint density at radius 2 is 1.66 bits per heavy atom. The predicted octanol–water partition coefficient (Wildman–Crippen LogP) is 4.39. The Kier molecular flexibility index (Phi) is 17.2. The Hall–Kier alpha value is -7.52. The first-order chi connectivity index (χ1) is 38.3. The average molecular weight is 1100 g/mol. The molecule has 424 valence electrons. The molecule has 2 fully saturated rings. The summed E-state index contributed by atoms with van der Waals surface area (Å²) in [5.74, 6) is -4.36. The van der Waals surface area contributed by atoms with Crippen molar-refractivity contribution in [2.45, 2.75) is 154 Å². The summed E-state index contributed by atoms with van der Waals surface area (Å²) in [5.41, 5.74) is 1.42. The van der Waals surface area contributed by atoms with Gasteiger partial charge in [-0.1, -0.05) is 57.0 Å². The van der Waals surface area contributed by atoms with Crippen LogP contribution in [0.1, 0.15) is 149 Å². The van der Waals surface area contributed by atoms with Gasteiger partial charge in [-0.25, -0.2) is 14.2 Å². The number of carbonyl (C=O) groups is 9. The Balaban J connectivity index is 0.756. The van der Waals surface area contributed by atoms with Crippen molar-refractivity contribution < 1.29 is 62.1 Å². The van der Waals surface area contributed by atoms with Gasteiger partial charge in [0.1, 0.15) is 19.2 Å². The Morgan fingerprint density at radius 1 is 0.912 bits per heavy atom. The molecule has 80 heavy (non-hydrogen) atoms. The Bertz CT molecular complexity index is 3250. The zero-order chi connectivity index (χ0) is 57.0. The number of rotatable bonds is 25. The van der Waals surface area contributed by atoms with Crippen LogP contribution in [0.5, 0.6) is 0 Å². The summed E-state index contributed by atoms with van der Waals surface area (Å²) in [6.07, 6.45) is 4.02. The van der Waals surface area contributed by atoms with Crippen molar-refractivity contribution in [1.82, 2.24) is 35.7 Å². The first-order valence-corrected chi connectivity index (χ1v) is 27.8. The molecule has 6 amide bonds. The molecule has 1 saturated heterocycles. The normalized spacial score (nSPS) is 19.8. The van der Waals surface area contributed by atoms with E-state index in [-0.39, 0.29) is 131 Å². The number of aryl methyl sites for hydroxylation is 1. The minimum atomic E-state index is -2.04. The Labute approximate surface area is 461 Å². The molecule has 2 aromatic carbocycles. The summed E-state index contributed by atoms with van der Waals surface area (Å²) in [6.45, 7) is 4.63. The van der Waals surface area contributed by atoms with E-state index in [9.17, 15) is 53.1 Å². The van der Waals surface area contributed by atoms with E-state index < -0.39 is 58.0 Å². The monoisotopic (exact) mass is 1100 g/mol. The van der Waals surface area contributed by atoms with E-state index in [2.05, 4.69) is 21.3 Å². The SMILES string of the molecule is CC[C@@]1(O)C(=O)OCc2c1cc1n(c2=O)Cc2c-1nc1cc(F)c(C)c3c1c2[C@@H](NC(=O)C1(COCNC(=O)CCC(=O)[C@H](Cc2ccccc2)NC(=O)CCC(=O)CNC(=O)CCCCCN2C(=O)CC(C)C2=O)CCC1)CC3. The number of cyclic esters (lactones) is 1. The first-order valence-electron chi connectivity index (χ1n) is 27.8. The zero-order valence-electron chi connectivity index (χ0n) is 45.4. The molecule has 4 atom stereocenters. The molecule has 2 aromatic heterocycles. The maximum atomic E-state index is 15.5. The van der Waals surface area contributed by atoms with Crippen molar-refractivity contribution in [3.63, 3.8) is 0 Å². The summed E-state index contributed by atoms with van der Waals surface area (Å²) >= 11 is 0. The van der Waals surface area contributed by atoms with E-state index >= 15 is 4.39 Å². The molecule has 2 aliphatic carbocycles. The van der Waals surface area contributed by atoms with Crippen LogP contribution in [0, 0.1) is 24.1 Å². The van der Waals surface area contributed by atoms with Crippen LogP contribution in [0.2, 0.25) is 0 Å². The van der Waals surface area contributed by atoms with Crippen molar-refractivity contribution in [2.24, 2.45) is 11.3 Å². The number of nitrogens with one attached hydrogen (secondary N) is 4. The highest BCUT2D eigenvalue weighted by Crippen LogP contribution is 2.48. The summed E-state index contributed by atoms with van der Waals surface area (Å²) in [5, 5.41) is 23.4. The molecule has 9 rings (SSSR count). The fraction of sp³-hybridized carbons (Fsp3) is 0.508. The van der Waals surface area contributed by atoms with E-state index in [0.29, 0.717) is 84.9 Å². The second kappa shape index (κ2) is 24.1. The van der Waals surface area contributed by atoms with Gasteiger partial charge in [0.15, 0.2) is 17.2 Å². The third-order valence-electron chi connectivity index (χ3n) is 16.7. The smallest absolute Gasteiger partial charge is 0.343 e. The average Bonchev–Trinajstić information content (AvgIpc) is 3.93. The number of ether oxygens (including phenoxy) is 2. The molecular formula is C59H68FN7O13. The molecule has 3 aliphatic heterocycles. The lowest BCUT2D eigenvalue weighted by atomic mass is 9.68. The number of ketones is 2. The minimum absolute atomic E-state index is 0.0165. The second-order valence-corrected chi connectivity index (χ2v) is 22.0. The molecule has 0 bridgehead atoms. The number of esters is 1. The lowest BCUT2D eigenvalue weighted by molar-refractivity contribution is -0.172. The van der Waals surface area contributed by atoms with Gasteiger partial charge in [-0.05, 0) is 86.6 Å². The van der Waals surface area contributed by atoms with E-state index in [1.165, 1.54) is 15.5 Å². The maximum absolute atomic E-state index is 15.5. The number of Topliss-reactive ketones (excluding diaryl/α,β-unsaturated/α-hetero) is 2. The number of amides is 6. The van der Waals surface area contributed by atoms with Crippen LogP contribution >= 0.6 is 0 Å². The van der Waals surface area contributed by atoms with Crippen LogP contribution in [0.15, 0.2) is 47.3 Å². The van der Waals surface area contributed by atoms with Gasteiger partial charge < -0.3 is 40.4 Å². The molecule has 5 N–H and O–H groups in total. The molecule has 1 unspecified atom stereocenters. The number of hydrogen-bond acceptors (Lipinski definition) is 14. The van der Waals surface area contributed by atoms with Crippen LogP contribution < -0.4 is 26.8 Å². The van der Waals surface area contributed by atoms with E-state index in [1.807, 2.05) is 6.07 Å². The predicted molar refractivity (Wildman–Crippen MR) is 286 cm³/mol. The highest BCUT2D eigenvalue weighted by atomic mass is 19.1. The zero-order valence-corrected chi connectivity index (χ0v) is 45.4. The molecule has 4 aromatic rings. The number of fused-ring (bicyclic) bond motifs is 5. The van der Waals surface area contributed by atoms with Crippen LogP contribution in [0.3, 0.4) is 0 Å². The van der Waals surface area contributed by atoms with Crippen LogP contribution in [-0.2, 0) is 84.2 Å².